The number of halogens is 1. The summed E-state index contributed by atoms with van der Waals surface area (Å²) in [7, 11) is 0. The van der Waals surface area contributed by atoms with Crippen molar-refractivity contribution in [2.75, 3.05) is 0 Å². The van der Waals surface area contributed by atoms with Crippen LogP contribution in [-0.4, -0.2) is 30.6 Å². The molecule has 0 unspecified atom stereocenters. The molecular formula is C23H17ClN6O3. The van der Waals surface area contributed by atoms with Gasteiger partial charge in [0.2, 0.25) is 0 Å². The lowest BCUT2D eigenvalue weighted by Gasteiger charge is -2.08. The van der Waals surface area contributed by atoms with E-state index in [0.717, 1.165) is 16.5 Å². The molecule has 4 aromatic heterocycles. The summed E-state index contributed by atoms with van der Waals surface area (Å²) in [4.78, 5) is 37.1. The fourth-order valence-corrected chi connectivity index (χ4v) is 3.70. The summed E-state index contributed by atoms with van der Waals surface area (Å²) in [5, 5.41) is 8.02. The predicted octanol–water partition coefficient (Wildman–Crippen LogP) is 3.41. The molecule has 5 rings (SSSR count). The van der Waals surface area contributed by atoms with Crippen LogP contribution in [0.4, 0.5) is 0 Å². The molecule has 1 amide bonds. The Hall–Kier alpha value is -4.24. The molecule has 164 valence electrons. The fourth-order valence-electron chi connectivity index (χ4n) is 3.49. The first-order valence-corrected chi connectivity index (χ1v) is 10.4. The Morgan fingerprint density at radius 1 is 1.18 bits per heavy atom. The maximum Gasteiger partial charge on any atom is 0.263 e. The van der Waals surface area contributed by atoms with Crippen molar-refractivity contribution in [1.29, 1.82) is 0 Å². The van der Waals surface area contributed by atoms with Crippen LogP contribution in [0.15, 0.2) is 76.4 Å². The number of nitrogens with one attached hydrogen (secondary N) is 2. The van der Waals surface area contributed by atoms with Crippen molar-refractivity contribution in [3.63, 3.8) is 0 Å². The molecule has 0 aliphatic rings. The van der Waals surface area contributed by atoms with Crippen LogP contribution in [0.1, 0.15) is 21.7 Å². The maximum atomic E-state index is 12.8. The van der Waals surface area contributed by atoms with Gasteiger partial charge in [0, 0.05) is 29.0 Å². The number of amides is 1. The van der Waals surface area contributed by atoms with Gasteiger partial charge in [0.1, 0.15) is 11.2 Å². The molecule has 0 aliphatic heterocycles. The molecule has 9 nitrogen and oxygen atoms in total. The predicted molar refractivity (Wildman–Crippen MR) is 122 cm³/mol. The number of carbonyl (C=O) groups excluding carboxylic acids is 1. The first-order valence-electron chi connectivity index (χ1n) is 10.1. The van der Waals surface area contributed by atoms with E-state index >= 15 is 0 Å². The zero-order valence-electron chi connectivity index (χ0n) is 17.2. The van der Waals surface area contributed by atoms with Crippen molar-refractivity contribution in [3.8, 4) is 11.5 Å². The molecule has 0 aliphatic carbocycles. The maximum absolute atomic E-state index is 12.8. The highest BCUT2D eigenvalue weighted by Crippen LogP contribution is 2.25. The molecule has 2 N–H and O–H groups in total. The third-order valence-corrected chi connectivity index (χ3v) is 5.30. The van der Waals surface area contributed by atoms with E-state index in [1.165, 1.54) is 10.6 Å². The standard InChI is InChI=1S/C23H17ClN6O3/c24-15-5-1-4-14(10-15)13-30-9-3-7-17(23(30)32)21(31)27-12-19-28-22(33-29-19)18-11-26-20-16(18)6-2-8-25-20/h1-11H,12-13H2,(H,25,26)(H,27,31). The van der Waals surface area contributed by atoms with Gasteiger partial charge in [-0.2, -0.15) is 4.98 Å². The van der Waals surface area contributed by atoms with Gasteiger partial charge in [-0.05, 0) is 42.0 Å². The number of hydrogen-bond donors (Lipinski definition) is 2. The van der Waals surface area contributed by atoms with Gasteiger partial charge >= 0.3 is 0 Å². The van der Waals surface area contributed by atoms with Crippen molar-refractivity contribution >= 4 is 28.5 Å². The molecule has 0 spiro atoms. The van der Waals surface area contributed by atoms with E-state index in [9.17, 15) is 9.59 Å². The summed E-state index contributed by atoms with van der Waals surface area (Å²) in [5.74, 6) is 0.0666. The molecular weight excluding hydrogens is 444 g/mol. The largest absolute Gasteiger partial charge is 0.345 e. The van der Waals surface area contributed by atoms with E-state index in [1.807, 2.05) is 24.3 Å². The molecule has 0 fully saturated rings. The minimum absolute atomic E-state index is 0.00552. The monoisotopic (exact) mass is 460 g/mol. The number of rotatable bonds is 6. The number of hydrogen-bond acceptors (Lipinski definition) is 6. The zero-order chi connectivity index (χ0) is 22.8. The van der Waals surface area contributed by atoms with Crippen LogP contribution < -0.4 is 10.9 Å². The Balaban J connectivity index is 1.29. The average molecular weight is 461 g/mol. The van der Waals surface area contributed by atoms with E-state index in [0.29, 0.717) is 23.1 Å². The highest BCUT2D eigenvalue weighted by molar-refractivity contribution is 6.30. The second-order valence-electron chi connectivity index (χ2n) is 7.29. The number of aromatic amines is 1. The lowest BCUT2D eigenvalue weighted by Crippen LogP contribution is -2.32. The van der Waals surface area contributed by atoms with Gasteiger partial charge in [-0.1, -0.05) is 28.9 Å². The number of fused-ring (bicyclic) bond motifs is 1. The van der Waals surface area contributed by atoms with Crippen LogP contribution in [-0.2, 0) is 13.1 Å². The van der Waals surface area contributed by atoms with Crippen molar-refractivity contribution in [1.82, 2.24) is 30.0 Å². The van der Waals surface area contributed by atoms with E-state index in [4.69, 9.17) is 16.1 Å². The van der Waals surface area contributed by atoms with Crippen molar-refractivity contribution < 1.29 is 9.32 Å². The summed E-state index contributed by atoms with van der Waals surface area (Å²) in [6.07, 6.45) is 5.05. The minimum atomic E-state index is -0.525. The summed E-state index contributed by atoms with van der Waals surface area (Å²) in [6.45, 7) is 0.305. The molecule has 33 heavy (non-hydrogen) atoms. The molecule has 0 bridgehead atoms. The Morgan fingerprint density at radius 2 is 2.09 bits per heavy atom. The topological polar surface area (TPSA) is 119 Å². The number of H-pyrrole nitrogens is 1. The zero-order valence-corrected chi connectivity index (χ0v) is 17.9. The Morgan fingerprint density at radius 3 is 2.97 bits per heavy atom. The average Bonchev–Trinajstić information content (AvgIpc) is 3.46. The molecule has 0 radical (unpaired) electrons. The molecule has 5 aromatic rings. The van der Waals surface area contributed by atoms with Gasteiger partial charge in [0.15, 0.2) is 5.82 Å². The highest BCUT2D eigenvalue weighted by atomic mass is 35.5. The molecule has 0 atom stereocenters. The number of carbonyl (C=O) groups is 1. The van der Waals surface area contributed by atoms with Crippen LogP contribution in [0.3, 0.4) is 0 Å². The minimum Gasteiger partial charge on any atom is -0.345 e. The van der Waals surface area contributed by atoms with E-state index < -0.39 is 11.5 Å². The Bertz CT molecular complexity index is 1520. The fraction of sp³-hybridized carbons (Fsp3) is 0.0870. The quantitative estimate of drug-likeness (QED) is 0.401. The summed E-state index contributed by atoms with van der Waals surface area (Å²) >= 11 is 6.02. The number of benzene rings is 1. The van der Waals surface area contributed by atoms with Crippen LogP contribution in [0.5, 0.6) is 0 Å². The molecule has 0 saturated carbocycles. The van der Waals surface area contributed by atoms with Gasteiger partial charge in [0.25, 0.3) is 17.4 Å². The van der Waals surface area contributed by atoms with Gasteiger partial charge in [-0.15, -0.1) is 0 Å². The van der Waals surface area contributed by atoms with Crippen LogP contribution in [0, 0.1) is 0 Å². The second kappa shape index (κ2) is 8.71. The van der Waals surface area contributed by atoms with Gasteiger partial charge < -0.3 is 19.4 Å². The van der Waals surface area contributed by atoms with Crippen LogP contribution in [0.2, 0.25) is 5.02 Å². The molecule has 0 saturated heterocycles. The second-order valence-corrected chi connectivity index (χ2v) is 7.72. The van der Waals surface area contributed by atoms with Crippen LogP contribution in [0.25, 0.3) is 22.5 Å². The van der Waals surface area contributed by atoms with Gasteiger partial charge in [-0.25, -0.2) is 4.98 Å². The first kappa shape index (κ1) is 20.7. The lowest BCUT2D eigenvalue weighted by molar-refractivity contribution is 0.0947. The number of nitrogens with zero attached hydrogens (tertiary/aromatic N) is 4. The van der Waals surface area contributed by atoms with Crippen molar-refractivity contribution in [2.45, 2.75) is 13.1 Å². The normalized spacial score (nSPS) is 11.1. The van der Waals surface area contributed by atoms with Crippen LogP contribution >= 0.6 is 11.6 Å². The number of pyridine rings is 2. The van der Waals surface area contributed by atoms with Gasteiger partial charge in [-0.3, -0.25) is 9.59 Å². The smallest absolute Gasteiger partial charge is 0.263 e. The Labute approximate surface area is 192 Å². The van der Waals surface area contributed by atoms with Gasteiger partial charge in [0.05, 0.1) is 18.7 Å². The summed E-state index contributed by atoms with van der Waals surface area (Å²) in [5.41, 5.74) is 1.89. The SMILES string of the molecule is O=C(NCc1noc(-c2c[nH]c3ncccc23)n1)c1cccn(Cc2cccc(Cl)c2)c1=O. The third-order valence-electron chi connectivity index (χ3n) is 5.06. The number of aromatic nitrogens is 5. The summed E-state index contributed by atoms with van der Waals surface area (Å²) < 4.78 is 6.79. The van der Waals surface area contributed by atoms with E-state index in [2.05, 4.69) is 25.4 Å². The lowest BCUT2D eigenvalue weighted by atomic mass is 10.2. The van der Waals surface area contributed by atoms with E-state index in [-0.39, 0.29) is 17.9 Å². The summed E-state index contributed by atoms with van der Waals surface area (Å²) in [6, 6.07) is 14.0. The van der Waals surface area contributed by atoms with Crippen molar-refractivity contribution in [2.24, 2.45) is 0 Å². The first-order chi connectivity index (χ1) is 16.1. The highest BCUT2D eigenvalue weighted by Gasteiger charge is 2.16. The molecule has 10 heteroatoms. The molecule has 1 aromatic carbocycles. The van der Waals surface area contributed by atoms with E-state index in [1.54, 1.807) is 36.8 Å². The third kappa shape index (κ3) is 4.26. The Kier molecular flexibility index (Phi) is 5.45. The molecule has 4 heterocycles. The van der Waals surface area contributed by atoms with Crippen molar-refractivity contribution in [3.05, 3.63) is 99.4 Å².